The number of benzene rings is 1. The Labute approximate surface area is 207 Å². The number of hydrogen-bond donors (Lipinski definition) is 2. The number of rotatable bonds is 9. The van der Waals surface area contributed by atoms with Gasteiger partial charge in [-0.3, -0.25) is 9.89 Å². The van der Waals surface area contributed by atoms with E-state index in [2.05, 4.69) is 62.7 Å². The van der Waals surface area contributed by atoms with E-state index >= 15 is 0 Å². The average Bonchev–Trinajstić information content (AvgIpc) is 2.78. The smallest absolute Gasteiger partial charge is 0.191 e. The van der Waals surface area contributed by atoms with Gasteiger partial charge in [-0.15, -0.1) is 24.0 Å². The van der Waals surface area contributed by atoms with Crippen LogP contribution in [0, 0.1) is 0 Å². The highest BCUT2D eigenvalue weighted by atomic mass is 127. The third-order valence-corrected chi connectivity index (χ3v) is 6.70. The number of piperidine rings is 2. The van der Waals surface area contributed by atoms with Crippen molar-refractivity contribution >= 4 is 29.9 Å². The zero-order valence-electron chi connectivity index (χ0n) is 19.7. The molecule has 2 aliphatic heterocycles. The van der Waals surface area contributed by atoms with Crippen LogP contribution >= 0.6 is 24.0 Å². The van der Waals surface area contributed by atoms with Gasteiger partial charge in [0.2, 0.25) is 0 Å². The lowest BCUT2D eigenvalue weighted by molar-refractivity contribution is 0.134. The summed E-state index contributed by atoms with van der Waals surface area (Å²) in [6.07, 6.45) is 10.4. The highest BCUT2D eigenvalue weighted by molar-refractivity contribution is 14.0. The Morgan fingerprint density at radius 3 is 2.52 bits per heavy atom. The fourth-order valence-electron chi connectivity index (χ4n) is 4.82. The molecule has 1 aromatic carbocycles. The summed E-state index contributed by atoms with van der Waals surface area (Å²) in [5, 5.41) is 7.20. The molecule has 0 saturated carbocycles. The van der Waals surface area contributed by atoms with Crippen molar-refractivity contribution in [2.75, 3.05) is 39.8 Å². The number of guanidine groups is 1. The molecule has 2 unspecified atom stereocenters. The molecule has 2 atom stereocenters. The van der Waals surface area contributed by atoms with Crippen molar-refractivity contribution in [2.45, 2.75) is 76.9 Å². The van der Waals surface area contributed by atoms with Crippen LogP contribution in [-0.2, 0) is 6.54 Å². The van der Waals surface area contributed by atoms with Gasteiger partial charge in [-0.05, 0) is 70.6 Å². The first-order valence-electron chi connectivity index (χ1n) is 12.2. The standard InChI is InChI=1S/C25H43N5.HI/c1-22-20-24(14-19-30(22)21-23-12-6-3-7-13-23)28-25(26-2)27-15-8-4-9-16-29-17-10-5-11-18-29;/h3,6-7,12-13,22,24H,4-5,8-11,14-21H2,1-2H3,(H2,26,27,28);1H. The Bertz CT molecular complexity index is 618. The molecular formula is C25H44IN5. The summed E-state index contributed by atoms with van der Waals surface area (Å²) in [5.41, 5.74) is 1.41. The average molecular weight is 542 g/mol. The van der Waals surface area contributed by atoms with Crippen LogP contribution in [-0.4, -0.2) is 67.6 Å². The van der Waals surface area contributed by atoms with Gasteiger partial charge in [0.1, 0.15) is 0 Å². The highest BCUT2D eigenvalue weighted by Crippen LogP contribution is 2.20. The molecule has 2 fully saturated rings. The molecule has 0 radical (unpaired) electrons. The van der Waals surface area contributed by atoms with Gasteiger partial charge in [-0.2, -0.15) is 0 Å². The Morgan fingerprint density at radius 1 is 1.03 bits per heavy atom. The van der Waals surface area contributed by atoms with Crippen LogP contribution in [0.3, 0.4) is 0 Å². The monoisotopic (exact) mass is 541 g/mol. The molecule has 2 saturated heterocycles. The summed E-state index contributed by atoms with van der Waals surface area (Å²) >= 11 is 0. The summed E-state index contributed by atoms with van der Waals surface area (Å²) in [5.74, 6) is 0.972. The summed E-state index contributed by atoms with van der Waals surface area (Å²) in [6, 6.07) is 11.9. The van der Waals surface area contributed by atoms with Crippen molar-refractivity contribution in [2.24, 2.45) is 4.99 Å². The van der Waals surface area contributed by atoms with E-state index in [0.717, 1.165) is 25.6 Å². The molecular weight excluding hydrogens is 497 g/mol. The van der Waals surface area contributed by atoms with E-state index in [1.807, 2.05) is 7.05 Å². The molecule has 0 bridgehead atoms. The minimum atomic E-state index is 0. The van der Waals surface area contributed by atoms with Crippen LogP contribution in [0.5, 0.6) is 0 Å². The number of hydrogen-bond acceptors (Lipinski definition) is 3. The van der Waals surface area contributed by atoms with Crippen molar-refractivity contribution in [3.05, 3.63) is 35.9 Å². The molecule has 1 aromatic rings. The molecule has 0 amide bonds. The number of nitrogens with one attached hydrogen (secondary N) is 2. The van der Waals surface area contributed by atoms with Gasteiger partial charge in [0.25, 0.3) is 0 Å². The first kappa shape index (κ1) is 26.4. The molecule has 2 N–H and O–H groups in total. The first-order chi connectivity index (χ1) is 14.7. The van der Waals surface area contributed by atoms with E-state index in [1.165, 1.54) is 76.6 Å². The number of likely N-dealkylation sites (tertiary alicyclic amines) is 2. The summed E-state index contributed by atoms with van der Waals surface area (Å²) in [7, 11) is 1.89. The third kappa shape index (κ3) is 9.66. The fourth-order valence-corrected chi connectivity index (χ4v) is 4.82. The molecule has 2 aliphatic rings. The maximum atomic E-state index is 4.46. The zero-order valence-corrected chi connectivity index (χ0v) is 22.0. The molecule has 6 heteroatoms. The topological polar surface area (TPSA) is 42.9 Å². The summed E-state index contributed by atoms with van der Waals surface area (Å²) in [4.78, 5) is 9.70. The van der Waals surface area contributed by atoms with Gasteiger partial charge in [0, 0.05) is 38.8 Å². The lowest BCUT2D eigenvalue weighted by Crippen LogP contribution is -2.51. The quantitative estimate of drug-likeness (QED) is 0.210. The van der Waals surface area contributed by atoms with Gasteiger partial charge >= 0.3 is 0 Å². The predicted octanol–water partition coefficient (Wildman–Crippen LogP) is 4.48. The molecule has 0 aromatic heterocycles. The Kier molecular flexibility index (Phi) is 12.8. The second kappa shape index (κ2) is 15.1. The maximum absolute atomic E-state index is 4.46. The van der Waals surface area contributed by atoms with Crippen molar-refractivity contribution in [3.8, 4) is 0 Å². The summed E-state index contributed by atoms with van der Waals surface area (Å²) < 4.78 is 0. The predicted molar refractivity (Wildman–Crippen MR) is 143 cm³/mol. The Hall–Kier alpha value is -0.860. The Balaban J connectivity index is 0.00000341. The van der Waals surface area contributed by atoms with Crippen LogP contribution < -0.4 is 10.6 Å². The first-order valence-corrected chi connectivity index (χ1v) is 12.2. The van der Waals surface area contributed by atoms with Gasteiger partial charge < -0.3 is 15.5 Å². The van der Waals surface area contributed by atoms with Gasteiger partial charge in [0.15, 0.2) is 5.96 Å². The van der Waals surface area contributed by atoms with Crippen LogP contribution in [0.1, 0.15) is 63.9 Å². The normalized spacial score (nSPS) is 23.2. The van der Waals surface area contributed by atoms with Crippen molar-refractivity contribution in [1.82, 2.24) is 20.4 Å². The molecule has 31 heavy (non-hydrogen) atoms. The zero-order chi connectivity index (χ0) is 21.0. The van der Waals surface area contributed by atoms with Crippen LogP contribution in [0.4, 0.5) is 0 Å². The van der Waals surface area contributed by atoms with E-state index in [9.17, 15) is 0 Å². The van der Waals surface area contributed by atoms with Crippen molar-refractivity contribution in [3.63, 3.8) is 0 Å². The lowest BCUT2D eigenvalue weighted by atomic mass is 9.97. The second-order valence-electron chi connectivity index (χ2n) is 9.13. The van der Waals surface area contributed by atoms with Gasteiger partial charge in [-0.25, -0.2) is 0 Å². The number of halogens is 1. The number of unbranched alkanes of at least 4 members (excludes halogenated alkanes) is 2. The molecule has 0 spiro atoms. The molecule has 0 aliphatic carbocycles. The SMILES string of the molecule is CN=C(NCCCCCN1CCCCC1)NC1CCN(Cc2ccccc2)C(C)C1.I. The van der Waals surface area contributed by atoms with Crippen molar-refractivity contribution in [1.29, 1.82) is 0 Å². The second-order valence-corrected chi connectivity index (χ2v) is 9.13. The van der Waals surface area contributed by atoms with Crippen LogP contribution in [0.2, 0.25) is 0 Å². The Morgan fingerprint density at radius 2 is 1.81 bits per heavy atom. The van der Waals surface area contributed by atoms with Crippen molar-refractivity contribution < 1.29 is 0 Å². The molecule has 5 nitrogen and oxygen atoms in total. The number of nitrogens with zero attached hydrogens (tertiary/aromatic N) is 3. The van der Waals surface area contributed by atoms with Crippen LogP contribution in [0.15, 0.2) is 35.3 Å². The van der Waals surface area contributed by atoms with E-state index in [-0.39, 0.29) is 24.0 Å². The largest absolute Gasteiger partial charge is 0.356 e. The minimum Gasteiger partial charge on any atom is -0.356 e. The molecule has 3 rings (SSSR count). The maximum Gasteiger partial charge on any atom is 0.191 e. The van der Waals surface area contributed by atoms with E-state index in [0.29, 0.717) is 12.1 Å². The van der Waals surface area contributed by atoms with Gasteiger partial charge in [0.05, 0.1) is 0 Å². The fraction of sp³-hybridized carbons (Fsp3) is 0.720. The van der Waals surface area contributed by atoms with E-state index < -0.39 is 0 Å². The van der Waals surface area contributed by atoms with Gasteiger partial charge in [-0.1, -0.05) is 43.2 Å². The lowest BCUT2D eigenvalue weighted by Gasteiger charge is -2.38. The summed E-state index contributed by atoms with van der Waals surface area (Å²) in [6.45, 7) is 9.49. The highest BCUT2D eigenvalue weighted by Gasteiger charge is 2.25. The third-order valence-electron chi connectivity index (χ3n) is 6.70. The van der Waals surface area contributed by atoms with Crippen LogP contribution in [0.25, 0.3) is 0 Å². The molecule has 2 heterocycles. The minimum absolute atomic E-state index is 0. The van der Waals surface area contributed by atoms with E-state index in [4.69, 9.17) is 0 Å². The number of aliphatic imine (C=N–C) groups is 1. The van der Waals surface area contributed by atoms with E-state index in [1.54, 1.807) is 0 Å². The molecule has 176 valence electrons.